The van der Waals surface area contributed by atoms with Crippen LogP contribution in [0.2, 0.25) is 0 Å². The Bertz CT molecular complexity index is 2860. The fourth-order valence-electron chi connectivity index (χ4n) is 5.28. The number of nitrogens with two attached hydrogens (primary N) is 1. The second kappa shape index (κ2) is 17.1. The summed E-state index contributed by atoms with van der Waals surface area (Å²) in [4.78, 5) is 60.9. The van der Waals surface area contributed by atoms with Gasteiger partial charge in [0.2, 0.25) is 11.9 Å². The predicted octanol–water partition coefficient (Wildman–Crippen LogP) is 6.19. The quantitative estimate of drug-likeness (QED) is 0.0420. The van der Waals surface area contributed by atoms with Gasteiger partial charge in [-0.15, -0.1) is 15.3 Å². The van der Waals surface area contributed by atoms with Crippen molar-refractivity contribution < 1.29 is 32.2 Å². The van der Waals surface area contributed by atoms with E-state index in [0.29, 0.717) is 11.4 Å². The van der Waals surface area contributed by atoms with Crippen LogP contribution in [0.3, 0.4) is 0 Å². The number of nitrogen functional groups attached to an aromatic ring is 1. The highest BCUT2D eigenvalue weighted by Gasteiger charge is 2.20. The van der Waals surface area contributed by atoms with Crippen molar-refractivity contribution in [2.45, 2.75) is 23.6 Å². The smallest absolute Gasteiger partial charge is 0.326 e. The van der Waals surface area contributed by atoms with Crippen LogP contribution in [0.1, 0.15) is 11.4 Å². The van der Waals surface area contributed by atoms with E-state index in [1.807, 2.05) is 0 Å². The zero-order valence-electron chi connectivity index (χ0n) is 29.8. The van der Waals surface area contributed by atoms with Gasteiger partial charge in [-0.3, -0.25) is 30.2 Å². The number of carbonyl (C=O) groups excluding carboxylic acids is 2. The van der Waals surface area contributed by atoms with Crippen molar-refractivity contribution in [2.75, 3.05) is 27.0 Å². The molecule has 0 spiro atoms. The SMILES string of the molecule is Cc1cc(=O)[nH]c(NC(=O)Nc2cccc(N=Nc3c(S(=O)O)cc4ccc(N=Nc5cc(NC(=O)Nc6nc(C)cc(=O)[nH]6)ccc5S(=O)O)c(O)c4c3N)c2)n1. The molecule has 22 nitrogen and oxygen atoms in total. The summed E-state index contributed by atoms with van der Waals surface area (Å²) in [6, 6.07) is 14.7. The average Bonchev–Trinajstić information content (AvgIpc) is 3.13. The van der Waals surface area contributed by atoms with Gasteiger partial charge in [-0.2, -0.15) is 5.11 Å². The largest absolute Gasteiger partial charge is 0.505 e. The minimum atomic E-state index is -2.63. The number of phenolic OH excluding ortho intramolecular Hbond substituents is 1. The Kier molecular flexibility index (Phi) is 11.8. The van der Waals surface area contributed by atoms with Gasteiger partial charge in [0.25, 0.3) is 11.1 Å². The molecule has 0 saturated heterocycles. The number of nitrogens with zero attached hydrogens (tertiary/aromatic N) is 6. The van der Waals surface area contributed by atoms with E-state index in [0.717, 1.165) is 0 Å². The van der Waals surface area contributed by atoms with E-state index in [9.17, 15) is 41.8 Å². The fourth-order valence-corrected chi connectivity index (χ4v) is 6.28. The number of hydrogen-bond donors (Lipinski definition) is 10. The van der Waals surface area contributed by atoms with Crippen LogP contribution in [0.15, 0.2) is 113 Å². The van der Waals surface area contributed by atoms with Crippen LogP contribution in [0.25, 0.3) is 10.8 Å². The van der Waals surface area contributed by atoms with Crippen molar-refractivity contribution in [3.05, 3.63) is 105 Å². The van der Waals surface area contributed by atoms with Crippen molar-refractivity contribution in [3.8, 4) is 5.75 Å². The first-order chi connectivity index (χ1) is 27.6. The molecular formula is C34H29N13O9S2. The first-order valence-corrected chi connectivity index (χ1v) is 18.5. The third-order valence-electron chi connectivity index (χ3n) is 7.66. The monoisotopic (exact) mass is 827 g/mol. The molecule has 11 N–H and O–H groups in total. The standard InChI is InChI=1S/C34H29N13O9S2/c1-15-10-25(48)40-31(36-15)42-33(51)38-18-4-3-5-20(13-18)44-47-29-24(58(55)56)12-17-6-8-21(30(50)27(17)28(29)35)45-46-22-14-19(7-9-23(22)57(53)54)39-34(52)43-32-37-16(2)11-26(49)41-32/h3-14,50H,35H2,1-2H3,(H,53,54)(H,55,56)(H3,36,38,40,42,48,51)(H3,37,39,41,43,49,52). The van der Waals surface area contributed by atoms with Crippen LogP contribution in [0, 0.1) is 13.8 Å². The highest BCUT2D eigenvalue weighted by molar-refractivity contribution is 7.79. The molecular weight excluding hydrogens is 799 g/mol. The number of fused-ring (bicyclic) bond motifs is 1. The number of anilines is 5. The summed E-state index contributed by atoms with van der Waals surface area (Å²) in [5, 5.41) is 37.6. The first kappa shape index (κ1) is 40.1. The minimum Gasteiger partial charge on any atom is -0.505 e. The molecule has 0 aliphatic carbocycles. The summed E-state index contributed by atoms with van der Waals surface area (Å²) < 4.78 is 44.5. The molecule has 0 fully saturated rings. The van der Waals surface area contributed by atoms with E-state index in [2.05, 4.69) is 61.7 Å². The van der Waals surface area contributed by atoms with Gasteiger partial charge in [-0.25, -0.2) is 28.0 Å². The molecule has 0 saturated carbocycles. The number of carbonyl (C=O) groups is 2. The van der Waals surface area contributed by atoms with Crippen molar-refractivity contribution in [1.29, 1.82) is 0 Å². The summed E-state index contributed by atoms with van der Waals surface area (Å²) in [5.74, 6) is -0.729. The number of aromatic hydroxyl groups is 1. The van der Waals surface area contributed by atoms with Gasteiger partial charge >= 0.3 is 12.1 Å². The third kappa shape index (κ3) is 9.63. The molecule has 24 heteroatoms. The van der Waals surface area contributed by atoms with Crippen LogP contribution in [-0.4, -0.2) is 54.6 Å². The average molecular weight is 828 g/mol. The molecule has 296 valence electrons. The Morgan fingerprint density at radius 2 is 1.28 bits per heavy atom. The molecule has 6 rings (SSSR count). The first-order valence-electron chi connectivity index (χ1n) is 16.3. The summed E-state index contributed by atoms with van der Waals surface area (Å²) in [6.07, 6.45) is 0. The maximum atomic E-state index is 12.6. The molecule has 2 heterocycles. The Hall–Kier alpha value is -7.54. The van der Waals surface area contributed by atoms with Crippen LogP contribution in [-0.2, 0) is 22.2 Å². The van der Waals surface area contributed by atoms with E-state index >= 15 is 0 Å². The van der Waals surface area contributed by atoms with Crippen LogP contribution < -0.4 is 38.1 Å². The number of azo groups is 2. The lowest BCUT2D eigenvalue weighted by Crippen LogP contribution is -2.23. The van der Waals surface area contributed by atoms with Gasteiger partial charge in [0, 0.05) is 34.9 Å². The normalized spacial score (nSPS) is 12.4. The van der Waals surface area contributed by atoms with Crippen LogP contribution in [0.5, 0.6) is 5.75 Å². The van der Waals surface area contributed by atoms with E-state index in [1.54, 1.807) is 19.9 Å². The number of phenols is 1. The Labute approximate surface area is 329 Å². The summed E-state index contributed by atoms with van der Waals surface area (Å²) >= 11 is -5.19. The number of aromatic nitrogens is 4. The summed E-state index contributed by atoms with van der Waals surface area (Å²) in [5.41, 5.74) is 5.86. The van der Waals surface area contributed by atoms with E-state index in [4.69, 9.17) is 5.73 Å². The van der Waals surface area contributed by atoms with E-state index in [-0.39, 0.29) is 72.3 Å². The Morgan fingerprint density at radius 3 is 1.86 bits per heavy atom. The number of hydrogen-bond acceptors (Lipinski definition) is 14. The molecule has 4 aromatic carbocycles. The molecule has 2 unspecified atom stereocenters. The highest BCUT2D eigenvalue weighted by Crippen LogP contribution is 2.45. The zero-order valence-corrected chi connectivity index (χ0v) is 31.4. The number of urea groups is 2. The molecule has 2 aromatic heterocycles. The second-order valence-electron chi connectivity index (χ2n) is 11.9. The lowest BCUT2D eigenvalue weighted by atomic mass is 10.1. The molecule has 6 aromatic rings. The predicted molar refractivity (Wildman–Crippen MR) is 214 cm³/mol. The third-order valence-corrected chi connectivity index (χ3v) is 9.07. The number of amides is 4. The van der Waals surface area contributed by atoms with Crippen LogP contribution >= 0.6 is 0 Å². The topological polar surface area (TPSA) is 344 Å². The molecule has 0 bridgehead atoms. The number of rotatable bonds is 10. The van der Waals surface area contributed by atoms with Crippen molar-refractivity contribution in [3.63, 3.8) is 0 Å². The van der Waals surface area contributed by atoms with E-state index in [1.165, 1.54) is 66.7 Å². The fraction of sp³-hybridized carbons (Fsp3) is 0.0588. The Balaban J connectivity index is 1.27. The lowest BCUT2D eigenvalue weighted by Gasteiger charge is -2.12. The molecule has 58 heavy (non-hydrogen) atoms. The van der Waals surface area contributed by atoms with Crippen LogP contribution in [0.4, 0.5) is 61.3 Å². The highest BCUT2D eigenvalue weighted by atomic mass is 32.2. The van der Waals surface area contributed by atoms with Crippen molar-refractivity contribution >= 4 is 96.7 Å². The maximum Gasteiger partial charge on any atom is 0.326 e. The molecule has 2 atom stereocenters. The molecule has 0 aliphatic rings. The minimum absolute atomic E-state index is 0.0460. The maximum absolute atomic E-state index is 12.6. The van der Waals surface area contributed by atoms with Gasteiger partial charge in [-0.1, -0.05) is 12.1 Å². The van der Waals surface area contributed by atoms with Gasteiger partial charge in [0.15, 0.2) is 27.9 Å². The molecule has 0 aliphatic heterocycles. The van der Waals surface area contributed by atoms with Gasteiger partial charge in [0.05, 0.1) is 26.6 Å². The second-order valence-corrected chi connectivity index (χ2v) is 13.8. The summed E-state index contributed by atoms with van der Waals surface area (Å²) in [7, 11) is 0. The lowest BCUT2D eigenvalue weighted by molar-refractivity contribution is 0.261. The molecule has 0 radical (unpaired) electrons. The van der Waals surface area contributed by atoms with Crippen molar-refractivity contribution in [1.82, 2.24) is 19.9 Å². The van der Waals surface area contributed by atoms with Crippen molar-refractivity contribution in [2.24, 2.45) is 20.5 Å². The van der Waals surface area contributed by atoms with Gasteiger partial charge < -0.3 is 30.6 Å². The van der Waals surface area contributed by atoms with E-state index < -0.39 is 51.1 Å². The number of aryl methyl sites for hydroxylation is 2. The number of aromatic amines is 2. The van der Waals surface area contributed by atoms with Gasteiger partial charge in [0.1, 0.15) is 17.1 Å². The number of H-pyrrole nitrogens is 2. The number of benzene rings is 4. The zero-order chi connectivity index (χ0) is 41.7. The van der Waals surface area contributed by atoms with Gasteiger partial charge in [-0.05, 0) is 67.8 Å². The summed E-state index contributed by atoms with van der Waals surface area (Å²) in [6.45, 7) is 3.15. The molecule has 4 amide bonds. The number of nitrogens with one attached hydrogen (secondary N) is 6. The Morgan fingerprint density at radius 1 is 0.690 bits per heavy atom.